The van der Waals surface area contributed by atoms with Crippen molar-refractivity contribution in [1.29, 1.82) is 0 Å². The third-order valence-corrected chi connectivity index (χ3v) is 4.33. The van der Waals surface area contributed by atoms with Crippen molar-refractivity contribution in [1.82, 2.24) is 15.1 Å². The maximum atomic E-state index is 13.0. The molecule has 5 heteroatoms. The number of benzene rings is 1. The summed E-state index contributed by atoms with van der Waals surface area (Å²) in [5.41, 5.74) is 1.24. The highest BCUT2D eigenvalue weighted by molar-refractivity contribution is 5.20. The van der Waals surface area contributed by atoms with E-state index in [4.69, 9.17) is 4.42 Å². The summed E-state index contributed by atoms with van der Waals surface area (Å²) in [6.45, 7) is 4.78. The molecular weight excluding hydrogens is 281 g/mol. The second kappa shape index (κ2) is 7.01. The van der Waals surface area contributed by atoms with Gasteiger partial charge >= 0.3 is 0 Å². The lowest BCUT2D eigenvalue weighted by Gasteiger charge is -2.18. The van der Waals surface area contributed by atoms with Crippen LogP contribution in [0.1, 0.15) is 49.4 Å². The molecule has 3 rings (SSSR count). The molecule has 22 heavy (non-hydrogen) atoms. The van der Waals surface area contributed by atoms with E-state index in [2.05, 4.69) is 15.1 Å². The van der Waals surface area contributed by atoms with Crippen LogP contribution in [-0.4, -0.2) is 28.2 Å². The number of rotatable bonds is 4. The SMILES string of the molecule is CCc1nnc(CN2CCC[C@H](c3ccc(F)cc3)CC2)o1. The molecule has 0 bridgehead atoms. The van der Waals surface area contributed by atoms with Crippen LogP contribution < -0.4 is 0 Å². The Labute approximate surface area is 130 Å². The molecule has 2 heterocycles. The van der Waals surface area contributed by atoms with Gasteiger partial charge in [-0.3, -0.25) is 4.90 Å². The van der Waals surface area contributed by atoms with E-state index in [0.29, 0.717) is 17.7 Å². The highest BCUT2D eigenvalue weighted by Gasteiger charge is 2.20. The van der Waals surface area contributed by atoms with E-state index in [-0.39, 0.29) is 5.82 Å². The molecule has 1 aromatic heterocycles. The first-order valence-corrected chi connectivity index (χ1v) is 8.03. The van der Waals surface area contributed by atoms with Crippen molar-refractivity contribution >= 4 is 0 Å². The van der Waals surface area contributed by atoms with Gasteiger partial charge in [-0.05, 0) is 56.0 Å². The molecule has 4 nitrogen and oxygen atoms in total. The number of nitrogens with zero attached hydrogens (tertiary/aromatic N) is 3. The molecule has 0 amide bonds. The van der Waals surface area contributed by atoms with Crippen LogP contribution >= 0.6 is 0 Å². The van der Waals surface area contributed by atoms with Crippen molar-refractivity contribution in [2.75, 3.05) is 13.1 Å². The molecule has 118 valence electrons. The Hall–Kier alpha value is -1.75. The van der Waals surface area contributed by atoms with E-state index in [1.165, 1.54) is 5.56 Å². The number of likely N-dealkylation sites (tertiary alicyclic amines) is 1. The summed E-state index contributed by atoms with van der Waals surface area (Å²) in [6.07, 6.45) is 4.14. The molecule has 1 fully saturated rings. The van der Waals surface area contributed by atoms with E-state index in [9.17, 15) is 4.39 Å². The number of aromatic nitrogens is 2. The van der Waals surface area contributed by atoms with Crippen LogP contribution in [0.3, 0.4) is 0 Å². The third kappa shape index (κ3) is 3.71. The fourth-order valence-corrected chi connectivity index (χ4v) is 3.07. The zero-order valence-electron chi connectivity index (χ0n) is 13.0. The monoisotopic (exact) mass is 303 g/mol. The molecule has 0 aliphatic carbocycles. The summed E-state index contributed by atoms with van der Waals surface area (Å²) < 4.78 is 18.6. The first-order chi connectivity index (χ1) is 10.7. The molecule has 0 saturated carbocycles. The summed E-state index contributed by atoms with van der Waals surface area (Å²) in [5.74, 6) is 1.76. The Morgan fingerprint density at radius 1 is 1.14 bits per heavy atom. The van der Waals surface area contributed by atoms with Crippen LogP contribution in [0.15, 0.2) is 28.7 Å². The molecule has 2 aromatic rings. The van der Waals surface area contributed by atoms with Crippen LogP contribution in [0.25, 0.3) is 0 Å². The largest absolute Gasteiger partial charge is 0.424 e. The smallest absolute Gasteiger partial charge is 0.230 e. The molecule has 1 aliphatic rings. The van der Waals surface area contributed by atoms with Crippen LogP contribution in [0.2, 0.25) is 0 Å². The lowest BCUT2D eigenvalue weighted by Crippen LogP contribution is -2.24. The van der Waals surface area contributed by atoms with Gasteiger partial charge in [0.15, 0.2) is 0 Å². The van der Waals surface area contributed by atoms with Crippen molar-refractivity contribution in [2.45, 2.75) is 45.1 Å². The molecular formula is C17H22FN3O. The second-order valence-corrected chi connectivity index (χ2v) is 5.90. The van der Waals surface area contributed by atoms with E-state index in [1.807, 2.05) is 19.1 Å². The minimum atomic E-state index is -0.165. The van der Waals surface area contributed by atoms with Gasteiger partial charge in [-0.2, -0.15) is 0 Å². The molecule has 1 saturated heterocycles. The van der Waals surface area contributed by atoms with Gasteiger partial charge in [0, 0.05) is 6.42 Å². The van der Waals surface area contributed by atoms with Gasteiger partial charge in [0.05, 0.1) is 6.54 Å². The lowest BCUT2D eigenvalue weighted by molar-refractivity contribution is 0.244. The fraction of sp³-hybridized carbons (Fsp3) is 0.529. The second-order valence-electron chi connectivity index (χ2n) is 5.90. The quantitative estimate of drug-likeness (QED) is 0.866. The number of hydrogen-bond donors (Lipinski definition) is 0. The Bertz CT molecular complexity index is 596. The van der Waals surface area contributed by atoms with Crippen LogP contribution in [-0.2, 0) is 13.0 Å². The minimum absolute atomic E-state index is 0.165. The van der Waals surface area contributed by atoms with Crippen molar-refractivity contribution in [3.05, 3.63) is 47.4 Å². The Kier molecular flexibility index (Phi) is 4.83. The van der Waals surface area contributed by atoms with Crippen molar-refractivity contribution in [3.63, 3.8) is 0 Å². The molecule has 1 aliphatic heterocycles. The molecule has 0 N–H and O–H groups in total. The van der Waals surface area contributed by atoms with Crippen molar-refractivity contribution in [3.8, 4) is 0 Å². The van der Waals surface area contributed by atoms with Crippen LogP contribution in [0.4, 0.5) is 4.39 Å². The summed E-state index contributed by atoms with van der Waals surface area (Å²) in [7, 11) is 0. The van der Waals surface area contributed by atoms with Gasteiger partial charge in [-0.25, -0.2) is 4.39 Å². The first kappa shape index (κ1) is 15.2. The standard InChI is InChI=1S/C17H22FN3O/c1-2-16-19-20-17(22-16)12-21-10-3-4-13(9-11-21)14-5-7-15(18)8-6-14/h5-8,13H,2-4,9-12H2,1H3/t13-/m0/s1. The maximum Gasteiger partial charge on any atom is 0.230 e. The van der Waals surface area contributed by atoms with E-state index < -0.39 is 0 Å². The summed E-state index contributed by atoms with van der Waals surface area (Å²) in [5, 5.41) is 8.11. The highest BCUT2D eigenvalue weighted by atomic mass is 19.1. The Balaban J connectivity index is 1.58. The minimum Gasteiger partial charge on any atom is -0.424 e. The number of halogens is 1. The van der Waals surface area contributed by atoms with Gasteiger partial charge in [0.1, 0.15) is 5.82 Å². The van der Waals surface area contributed by atoms with Gasteiger partial charge in [0.25, 0.3) is 0 Å². The fourth-order valence-electron chi connectivity index (χ4n) is 3.07. The van der Waals surface area contributed by atoms with E-state index in [0.717, 1.165) is 45.3 Å². The predicted octanol–water partition coefficient (Wildman–Crippen LogP) is 3.54. The van der Waals surface area contributed by atoms with Gasteiger partial charge in [-0.15, -0.1) is 10.2 Å². The van der Waals surface area contributed by atoms with Gasteiger partial charge in [0.2, 0.25) is 11.8 Å². The predicted molar refractivity (Wildman–Crippen MR) is 81.9 cm³/mol. The molecule has 1 atom stereocenters. The highest BCUT2D eigenvalue weighted by Crippen LogP contribution is 2.28. The maximum absolute atomic E-state index is 13.0. The molecule has 1 aromatic carbocycles. The van der Waals surface area contributed by atoms with E-state index >= 15 is 0 Å². The van der Waals surface area contributed by atoms with E-state index in [1.54, 1.807) is 12.1 Å². The molecule has 0 spiro atoms. The Morgan fingerprint density at radius 2 is 1.91 bits per heavy atom. The summed E-state index contributed by atoms with van der Waals surface area (Å²) >= 11 is 0. The average molecular weight is 303 g/mol. The first-order valence-electron chi connectivity index (χ1n) is 8.03. The summed E-state index contributed by atoms with van der Waals surface area (Å²) in [6, 6.07) is 6.95. The van der Waals surface area contributed by atoms with Crippen molar-refractivity contribution in [2.24, 2.45) is 0 Å². The zero-order chi connectivity index (χ0) is 15.4. The number of hydrogen-bond acceptors (Lipinski definition) is 4. The van der Waals surface area contributed by atoms with Gasteiger partial charge in [-0.1, -0.05) is 19.1 Å². The zero-order valence-corrected chi connectivity index (χ0v) is 13.0. The van der Waals surface area contributed by atoms with Gasteiger partial charge < -0.3 is 4.42 Å². The Morgan fingerprint density at radius 3 is 2.64 bits per heavy atom. The normalized spacial score (nSPS) is 20.0. The summed E-state index contributed by atoms with van der Waals surface area (Å²) in [4.78, 5) is 2.37. The van der Waals surface area contributed by atoms with Crippen molar-refractivity contribution < 1.29 is 8.81 Å². The third-order valence-electron chi connectivity index (χ3n) is 4.33. The molecule has 0 radical (unpaired) electrons. The van der Waals surface area contributed by atoms with Crippen LogP contribution in [0.5, 0.6) is 0 Å². The topological polar surface area (TPSA) is 42.2 Å². The molecule has 0 unspecified atom stereocenters. The van der Waals surface area contributed by atoms with Crippen LogP contribution in [0, 0.1) is 5.82 Å². The number of aryl methyl sites for hydroxylation is 1. The lowest BCUT2D eigenvalue weighted by atomic mass is 9.92. The average Bonchev–Trinajstić information content (AvgIpc) is 2.86.